The summed E-state index contributed by atoms with van der Waals surface area (Å²) >= 11 is 0. The first-order chi connectivity index (χ1) is 21.5. The fourth-order valence-corrected chi connectivity index (χ4v) is 6.37. The number of nitrogens with two attached hydrogens (primary N) is 1. The van der Waals surface area contributed by atoms with Crippen LogP contribution in [0.2, 0.25) is 0 Å². The zero-order valence-corrected chi connectivity index (χ0v) is 26.3. The van der Waals surface area contributed by atoms with Gasteiger partial charge >= 0.3 is 12.0 Å². The molecule has 5 N–H and O–H groups in total. The molecule has 0 saturated carbocycles. The summed E-state index contributed by atoms with van der Waals surface area (Å²) in [6.07, 6.45) is 2.38. The highest BCUT2D eigenvalue weighted by Crippen LogP contribution is 2.30. The Morgan fingerprint density at radius 2 is 1.71 bits per heavy atom. The number of esters is 1. The molecule has 1 saturated heterocycles. The molecule has 10 nitrogen and oxygen atoms in total. The Morgan fingerprint density at radius 1 is 1.00 bits per heavy atom. The molecule has 3 atom stereocenters. The quantitative estimate of drug-likeness (QED) is 0.163. The average Bonchev–Trinajstić information content (AvgIpc) is 2.98. The number of carbonyl (C=O) groups excluding carboxylic acids is 3. The maximum absolute atomic E-state index is 14.2. The Hall–Kier alpha value is -4.57. The summed E-state index contributed by atoms with van der Waals surface area (Å²) in [4.78, 5) is 41.2. The minimum Gasteiger partial charge on any atom is -0.508 e. The number of aromatic hydroxyl groups is 2. The molecule has 1 unspecified atom stereocenters. The van der Waals surface area contributed by atoms with Gasteiger partial charge in [-0.2, -0.15) is 0 Å². The van der Waals surface area contributed by atoms with Gasteiger partial charge in [0.1, 0.15) is 24.1 Å². The molecule has 1 aliphatic heterocycles. The molecule has 45 heavy (non-hydrogen) atoms. The van der Waals surface area contributed by atoms with Gasteiger partial charge in [-0.25, -0.2) is 9.59 Å². The molecule has 240 valence electrons. The van der Waals surface area contributed by atoms with Crippen LogP contribution in [0.4, 0.5) is 10.5 Å². The molecule has 1 aliphatic rings. The zero-order valence-electron chi connectivity index (χ0n) is 26.3. The van der Waals surface area contributed by atoms with Crippen LogP contribution in [0.15, 0.2) is 72.8 Å². The fourth-order valence-electron chi connectivity index (χ4n) is 6.37. The van der Waals surface area contributed by atoms with Gasteiger partial charge in [0.15, 0.2) is 0 Å². The summed E-state index contributed by atoms with van der Waals surface area (Å²) in [5, 5.41) is 22.9. The van der Waals surface area contributed by atoms with Crippen LogP contribution in [0, 0.1) is 0 Å². The van der Waals surface area contributed by atoms with Crippen molar-refractivity contribution in [2.45, 2.75) is 71.2 Å². The lowest BCUT2D eigenvalue weighted by molar-refractivity contribution is -0.946. The van der Waals surface area contributed by atoms with Crippen molar-refractivity contribution in [1.29, 1.82) is 0 Å². The van der Waals surface area contributed by atoms with Crippen molar-refractivity contribution >= 4 is 23.6 Å². The van der Waals surface area contributed by atoms with Gasteiger partial charge in [-0.15, -0.1) is 0 Å². The number of phenolic OH excluding ortho intramolecular Hbond substituents is 2. The Morgan fingerprint density at radius 3 is 2.33 bits per heavy atom. The van der Waals surface area contributed by atoms with Crippen LogP contribution < -0.4 is 11.1 Å². The number of quaternary nitrogens is 1. The predicted octanol–water partition coefficient (Wildman–Crippen LogP) is 5.18. The number of carbonyl (C=O) groups is 3. The third kappa shape index (κ3) is 8.98. The van der Waals surface area contributed by atoms with E-state index < -0.39 is 23.9 Å². The van der Waals surface area contributed by atoms with Gasteiger partial charge in [0.25, 0.3) is 0 Å². The van der Waals surface area contributed by atoms with Gasteiger partial charge in [-0.05, 0) is 87.2 Å². The fraction of sp³-hybridized carbons (Fsp3) is 0.400. The molecule has 10 heteroatoms. The molecule has 0 bridgehead atoms. The largest absolute Gasteiger partial charge is 0.508 e. The molecule has 0 spiro atoms. The van der Waals surface area contributed by atoms with Gasteiger partial charge in [-0.3, -0.25) is 4.79 Å². The SMILES string of the molecule is CCC[N+]1(Cc2cccc(O)c2)CCC[C@@H](N(C(=O)Nc2ccc(C(=O)OC(C)C)cc2)[C@@H](Cc2ccc(O)cc2)C(N)=O)C1. The van der Waals surface area contributed by atoms with Crippen molar-refractivity contribution in [3.8, 4) is 11.5 Å². The number of anilines is 1. The monoisotopic (exact) mass is 617 g/mol. The molecule has 4 rings (SSSR count). The van der Waals surface area contributed by atoms with E-state index in [9.17, 15) is 24.6 Å². The topological polar surface area (TPSA) is 142 Å². The highest BCUT2D eigenvalue weighted by molar-refractivity contribution is 5.95. The molecule has 3 amide bonds. The van der Waals surface area contributed by atoms with Crippen molar-refractivity contribution in [3.05, 3.63) is 89.5 Å². The number of amides is 3. The molecule has 1 heterocycles. The number of nitrogens with zero attached hydrogens (tertiary/aromatic N) is 2. The maximum atomic E-state index is 14.2. The highest BCUT2D eigenvalue weighted by atomic mass is 16.5. The van der Waals surface area contributed by atoms with E-state index in [1.54, 1.807) is 79.4 Å². The lowest BCUT2D eigenvalue weighted by Gasteiger charge is -2.48. The van der Waals surface area contributed by atoms with Gasteiger partial charge < -0.3 is 35.4 Å². The number of primary amides is 1. The van der Waals surface area contributed by atoms with E-state index >= 15 is 0 Å². The van der Waals surface area contributed by atoms with Crippen molar-refractivity contribution in [2.24, 2.45) is 5.73 Å². The lowest BCUT2D eigenvalue weighted by atomic mass is 9.95. The smallest absolute Gasteiger partial charge is 0.338 e. The number of benzene rings is 3. The number of ether oxygens (including phenoxy) is 1. The highest BCUT2D eigenvalue weighted by Gasteiger charge is 2.42. The van der Waals surface area contributed by atoms with E-state index in [-0.39, 0.29) is 30.1 Å². The average molecular weight is 618 g/mol. The second-order valence-electron chi connectivity index (χ2n) is 12.3. The number of piperidine rings is 1. The van der Waals surface area contributed by atoms with Crippen LogP contribution in [-0.4, -0.2) is 75.3 Å². The standard InChI is InChI=1S/C35H44N4O6/c1-4-18-39(22-26-7-5-9-31(41)20-26)19-6-8-29(23-39)38(32(33(36)42)21-25-10-16-30(40)17-11-25)35(44)37-28-14-12-27(13-15-28)34(43)45-24(2)3/h5,7,9-17,20,24,29,32H,4,6,8,18-19,21-23H2,1-3H3,(H4-,36,37,40,41,42,43,44)/p+1/t29-,32+,39?/m1/s1. The normalized spacial score (nSPS) is 18.6. The number of rotatable bonds is 12. The van der Waals surface area contributed by atoms with Gasteiger partial charge in [0.05, 0.1) is 37.3 Å². The first-order valence-corrected chi connectivity index (χ1v) is 15.6. The minimum absolute atomic E-state index is 0.102. The number of hydrogen-bond donors (Lipinski definition) is 4. The summed E-state index contributed by atoms with van der Waals surface area (Å²) in [5.41, 5.74) is 8.61. The van der Waals surface area contributed by atoms with Gasteiger partial charge in [0.2, 0.25) is 5.91 Å². The lowest BCUT2D eigenvalue weighted by Crippen LogP contribution is -2.64. The Bertz CT molecular complexity index is 1460. The third-order valence-corrected chi connectivity index (χ3v) is 8.27. The Labute approximate surface area is 265 Å². The van der Waals surface area contributed by atoms with E-state index in [1.165, 1.54) is 0 Å². The van der Waals surface area contributed by atoms with Crippen molar-refractivity contribution in [3.63, 3.8) is 0 Å². The zero-order chi connectivity index (χ0) is 32.6. The van der Waals surface area contributed by atoms with Crippen LogP contribution in [-0.2, 0) is 22.5 Å². The summed E-state index contributed by atoms with van der Waals surface area (Å²) in [6, 6.07) is 18.5. The molecule has 3 aromatic carbocycles. The van der Waals surface area contributed by atoms with E-state index in [4.69, 9.17) is 10.5 Å². The molecular formula is C35H45N4O6+. The van der Waals surface area contributed by atoms with Crippen LogP contribution in [0.5, 0.6) is 11.5 Å². The number of nitrogens with one attached hydrogen (secondary N) is 1. The van der Waals surface area contributed by atoms with Gasteiger partial charge in [-0.1, -0.05) is 31.2 Å². The molecule has 3 aromatic rings. The van der Waals surface area contributed by atoms with E-state index in [0.717, 1.165) is 37.1 Å². The first-order valence-electron chi connectivity index (χ1n) is 15.6. The van der Waals surface area contributed by atoms with Crippen molar-refractivity contribution in [1.82, 2.24) is 4.90 Å². The van der Waals surface area contributed by atoms with E-state index in [1.807, 2.05) is 12.1 Å². The second kappa shape index (κ2) is 14.9. The van der Waals surface area contributed by atoms with E-state index in [2.05, 4.69) is 12.2 Å². The first kappa shape index (κ1) is 33.3. The predicted molar refractivity (Wildman–Crippen MR) is 173 cm³/mol. The minimum atomic E-state index is -0.956. The van der Waals surface area contributed by atoms with Crippen molar-refractivity contribution in [2.75, 3.05) is 25.0 Å². The number of likely N-dealkylation sites (tertiary alicyclic amines) is 1. The molecule has 0 radical (unpaired) electrons. The summed E-state index contributed by atoms with van der Waals surface area (Å²) in [6.45, 7) is 8.75. The van der Waals surface area contributed by atoms with Crippen LogP contribution in [0.1, 0.15) is 61.5 Å². The molecule has 1 fully saturated rings. The third-order valence-electron chi connectivity index (χ3n) is 8.27. The second-order valence-corrected chi connectivity index (χ2v) is 12.3. The maximum Gasteiger partial charge on any atom is 0.338 e. The number of urea groups is 1. The summed E-state index contributed by atoms with van der Waals surface area (Å²) in [7, 11) is 0. The van der Waals surface area contributed by atoms with Crippen LogP contribution >= 0.6 is 0 Å². The van der Waals surface area contributed by atoms with Crippen LogP contribution in [0.3, 0.4) is 0 Å². The Balaban J connectivity index is 1.66. The summed E-state index contributed by atoms with van der Waals surface area (Å²) < 4.78 is 5.97. The van der Waals surface area contributed by atoms with Gasteiger partial charge in [0, 0.05) is 17.7 Å². The number of hydrogen-bond acceptors (Lipinski definition) is 6. The summed E-state index contributed by atoms with van der Waals surface area (Å²) in [5.74, 6) is -0.767. The molecule has 0 aromatic heterocycles. The van der Waals surface area contributed by atoms with Crippen LogP contribution in [0.25, 0.3) is 0 Å². The van der Waals surface area contributed by atoms with Crippen molar-refractivity contribution < 1.29 is 33.8 Å². The number of phenols is 2. The Kier molecular flexibility index (Phi) is 11.1. The molecular weight excluding hydrogens is 572 g/mol. The molecule has 0 aliphatic carbocycles. The van der Waals surface area contributed by atoms with E-state index in [0.29, 0.717) is 35.2 Å².